The Morgan fingerprint density at radius 1 is 1.00 bits per heavy atom. The number of aromatic hydroxyl groups is 1. The van der Waals surface area contributed by atoms with Gasteiger partial charge in [0.1, 0.15) is 12.0 Å². The smallest absolute Gasteiger partial charge is 0.142 e. The van der Waals surface area contributed by atoms with Crippen molar-refractivity contribution in [3.8, 4) is 5.75 Å². The Morgan fingerprint density at radius 2 is 1.77 bits per heavy atom. The SMILES string of the molecule is O=C[C@@H](Cc1ccc(O)cc1)Nc1cc[c]c(C=Cc2ccccc2)c1. The Bertz CT molecular complexity index is 870. The minimum atomic E-state index is -0.340. The van der Waals surface area contributed by atoms with Gasteiger partial charge < -0.3 is 15.2 Å². The van der Waals surface area contributed by atoms with E-state index in [0.29, 0.717) is 6.42 Å². The lowest BCUT2D eigenvalue weighted by atomic mass is 10.1. The van der Waals surface area contributed by atoms with E-state index in [0.717, 1.165) is 28.7 Å². The number of phenols is 1. The number of rotatable bonds is 7. The zero-order chi connectivity index (χ0) is 18.2. The van der Waals surface area contributed by atoms with Crippen molar-refractivity contribution < 1.29 is 9.90 Å². The second-order valence-corrected chi connectivity index (χ2v) is 6.03. The van der Waals surface area contributed by atoms with E-state index >= 15 is 0 Å². The molecule has 0 amide bonds. The second-order valence-electron chi connectivity index (χ2n) is 6.03. The Hall–Kier alpha value is -3.33. The summed E-state index contributed by atoms with van der Waals surface area (Å²) >= 11 is 0. The minimum absolute atomic E-state index is 0.220. The second kappa shape index (κ2) is 8.67. The van der Waals surface area contributed by atoms with Crippen LogP contribution in [-0.2, 0) is 11.2 Å². The fourth-order valence-corrected chi connectivity index (χ4v) is 2.65. The average molecular weight is 342 g/mol. The van der Waals surface area contributed by atoms with Gasteiger partial charge in [-0.1, -0.05) is 60.7 Å². The fraction of sp³-hybridized carbons (Fsp3) is 0.0870. The average Bonchev–Trinajstić information content (AvgIpc) is 2.69. The number of carbonyl (C=O) groups is 1. The summed E-state index contributed by atoms with van der Waals surface area (Å²) in [5.74, 6) is 0.220. The van der Waals surface area contributed by atoms with Crippen LogP contribution in [0.5, 0.6) is 5.75 Å². The molecule has 2 N–H and O–H groups in total. The summed E-state index contributed by atoms with van der Waals surface area (Å²) < 4.78 is 0. The third-order valence-corrected chi connectivity index (χ3v) is 3.99. The van der Waals surface area contributed by atoms with Crippen molar-refractivity contribution >= 4 is 24.1 Å². The molecule has 0 spiro atoms. The summed E-state index contributed by atoms with van der Waals surface area (Å²) in [6.45, 7) is 0. The molecule has 26 heavy (non-hydrogen) atoms. The molecule has 3 rings (SSSR count). The van der Waals surface area contributed by atoms with Crippen LogP contribution in [0.4, 0.5) is 5.69 Å². The first-order valence-electron chi connectivity index (χ1n) is 8.47. The molecule has 0 saturated heterocycles. The van der Waals surface area contributed by atoms with Crippen molar-refractivity contribution in [2.45, 2.75) is 12.5 Å². The number of phenolic OH excluding ortho intramolecular Hbond substituents is 1. The molecule has 0 aromatic heterocycles. The Balaban J connectivity index is 1.67. The van der Waals surface area contributed by atoms with Crippen LogP contribution >= 0.6 is 0 Å². The molecule has 3 nitrogen and oxygen atoms in total. The lowest BCUT2D eigenvalue weighted by molar-refractivity contribution is -0.108. The zero-order valence-electron chi connectivity index (χ0n) is 14.3. The maximum atomic E-state index is 11.4. The molecular formula is C23H20NO2. The van der Waals surface area contributed by atoms with Gasteiger partial charge in [0, 0.05) is 5.69 Å². The summed E-state index contributed by atoms with van der Waals surface area (Å²) in [6, 6.07) is 25.5. The highest BCUT2D eigenvalue weighted by molar-refractivity contribution is 5.72. The van der Waals surface area contributed by atoms with Gasteiger partial charge in [-0.05, 0) is 53.4 Å². The lowest BCUT2D eigenvalue weighted by Gasteiger charge is -2.14. The van der Waals surface area contributed by atoms with Crippen molar-refractivity contribution in [3.63, 3.8) is 0 Å². The Kier molecular flexibility index (Phi) is 5.84. The maximum Gasteiger partial charge on any atom is 0.142 e. The normalized spacial score (nSPS) is 12.0. The van der Waals surface area contributed by atoms with Crippen LogP contribution in [0.3, 0.4) is 0 Å². The molecular weight excluding hydrogens is 322 g/mol. The Morgan fingerprint density at radius 3 is 2.50 bits per heavy atom. The minimum Gasteiger partial charge on any atom is -0.508 e. The molecule has 3 aromatic rings. The van der Waals surface area contributed by atoms with E-state index < -0.39 is 0 Å². The number of anilines is 1. The van der Waals surface area contributed by atoms with Crippen molar-refractivity contribution in [2.24, 2.45) is 0 Å². The summed E-state index contributed by atoms with van der Waals surface area (Å²) in [5.41, 5.74) is 3.91. The van der Waals surface area contributed by atoms with Crippen LogP contribution in [0.15, 0.2) is 72.8 Å². The fourth-order valence-electron chi connectivity index (χ4n) is 2.65. The molecule has 3 heteroatoms. The van der Waals surface area contributed by atoms with Crippen LogP contribution in [0.2, 0.25) is 0 Å². The van der Waals surface area contributed by atoms with E-state index in [2.05, 4.69) is 11.4 Å². The van der Waals surface area contributed by atoms with Gasteiger partial charge in [-0.25, -0.2) is 0 Å². The molecule has 0 fully saturated rings. The Labute approximate surface area is 153 Å². The topological polar surface area (TPSA) is 49.3 Å². The predicted molar refractivity (Wildman–Crippen MR) is 106 cm³/mol. The number of hydrogen-bond acceptors (Lipinski definition) is 3. The molecule has 0 aliphatic heterocycles. The number of hydrogen-bond donors (Lipinski definition) is 2. The quantitative estimate of drug-likeness (QED) is 0.488. The van der Waals surface area contributed by atoms with E-state index in [1.807, 2.05) is 72.8 Å². The lowest BCUT2D eigenvalue weighted by Crippen LogP contribution is -2.23. The van der Waals surface area contributed by atoms with Gasteiger partial charge in [-0.3, -0.25) is 0 Å². The molecule has 0 saturated carbocycles. The molecule has 1 radical (unpaired) electrons. The third kappa shape index (κ3) is 5.08. The summed E-state index contributed by atoms with van der Waals surface area (Å²) in [7, 11) is 0. The number of nitrogens with one attached hydrogen (secondary N) is 1. The summed E-state index contributed by atoms with van der Waals surface area (Å²) in [4.78, 5) is 11.4. The molecule has 0 bridgehead atoms. The van der Waals surface area contributed by atoms with Gasteiger partial charge in [-0.2, -0.15) is 0 Å². The van der Waals surface area contributed by atoms with Gasteiger partial charge in [0.25, 0.3) is 0 Å². The zero-order valence-corrected chi connectivity index (χ0v) is 14.3. The van der Waals surface area contributed by atoms with Crippen molar-refractivity contribution in [3.05, 3.63) is 95.6 Å². The predicted octanol–water partition coefficient (Wildman–Crippen LogP) is 4.58. The monoisotopic (exact) mass is 342 g/mol. The molecule has 129 valence electrons. The molecule has 0 heterocycles. The number of aldehydes is 1. The summed E-state index contributed by atoms with van der Waals surface area (Å²) in [5, 5.41) is 12.6. The van der Waals surface area contributed by atoms with E-state index in [-0.39, 0.29) is 11.8 Å². The highest BCUT2D eigenvalue weighted by Crippen LogP contribution is 2.16. The van der Waals surface area contributed by atoms with Gasteiger partial charge in [0.2, 0.25) is 0 Å². The number of carbonyl (C=O) groups excluding carboxylic acids is 1. The van der Waals surface area contributed by atoms with Gasteiger partial charge >= 0.3 is 0 Å². The van der Waals surface area contributed by atoms with Gasteiger partial charge in [-0.15, -0.1) is 0 Å². The number of benzene rings is 3. The summed E-state index contributed by atoms with van der Waals surface area (Å²) in [6.07, 6.45) is 5.49. The highest BCUT2D eigenvalue weighted by Gasteiger charge is 2.08. The molecule has 3 aromatic carbocycles. The third-order valence-electron chi connectivity index (χ3n) is 3.99. The van der Waals surface area contributed by atoms with E-state index in [9.17, 15) is 9.90 Å². The first kappa shape index (κ1) is 17.5. The van der Waals surface area contributed by atoms with Crippen molar-refractivity contribution in [2.75, 3.05) is 5.32 Å². The van der Waals surface area contributed by atoms with Crippen molar-refractivity contribution in [1.82, 2.24) is 0 Å². The highest BCUT2D eigenvalue weighted by atomic mass is 16.3. The first-order chi connectivity index (χ1) is 12.7. The van der Waals surface area contributed by atoms with E-state index in [1.54, 1.807) is 12.1 Å². The van der Waals surface area contributed by atoms with Gasteiger partial charge in [0.05, 0.1) is 6.04 Å². The van der Waals surface area contributed by atoms with Crippen LogP contribution < -0.4 is 5.32 Å². The molecule has 0 aliphatic carbocycles. The van der Waals surface area contributed by atoms with E-state index in [1.165, 1.54) is 0 Å². The first-order valence-corrected chi connectivity index (χ1v) is 8.47. The van der Waals surface area contributed by atoms with Crippen LogP contribution in [0.1, 0.15) is 16.7 Å². The standard InChI is InChI=1S/C23H20NO2/c25-17-22(16-20-11-13-23(26)14-12-20)24-21-8-4-7-19(15-21)10-9-18-5-2-1-3-6-18/h1-6,8-15,17,22,24,26H,16H2/t22-/m1/s1. The molecule has 0 unspecified atom stereocenters. The van der Waals surface area contributed by atoms with Gasteiger partial charge in [0.15, 0.2) is 0 Å². The molecule has 1 atom stereocenters. The van der Waals surface area contributed by atoms with Crippen LogP contribution in [-0.4, -0.2) is 17.4 Å². The molecule has 0 aliphatic rings. The van der Waals surface area contributed by atoms with Crippen LogP contribution in [0, 0.1) is 6.07 Å². The van der Waals surface area contributed by atoms with Crippen molar-refractivity contribution in [1.29, 1.82) is 0 Å². The maximum absolute atomic E-state index is 11.4. The van der Waals surface area contributed by atoms with Crippen LogP contribution in [0.25, 0.3) is 12.2 Å². The largest absolute Gasteiger partial charge is 0.508 e. The van der Waals surface area contributed by atoms with E-state index in [4.69, 9.17) is 0 Å².